The molecule has 0 saturated carbocycles. The van der Waals surface area contributed by atoms with Gasteiger partial charge in [-0.25, -0.2) is 0 Å². The van der Waals surface area contributed by atoms with Crippen LogP contribution in [0.1, 0.15) is 18.4 Å². The molecule has 0 spiro atoms. The zero-order chi connectivity index (χ0) is 14.8. The summed E-state index contributed by atoms with van der Waals surface area (Å²) in [7, 11) is 1.62. The molecule has 0 bridgehead atoms. The second-order valence-electron chi connectivity index (χ2n) is 5.87. The molecule has 0 N–H and O–H groups in total. The van der Waals surface area contributed by atoms with Crippen molar-refractivity contribution < 1.29 is 9.66 Å². The number of nitro groups is 1. The third kappa shape index (κ3) is 2.78. The monoisotopic (exact) mass is 288 g/mol. The minimum atomic E-state index is -0.351. The van der Waals surface area contributed by atoms with Gasteiger partial charge in [0.2, 0.25) is 0 Å². The Kier molecular flexibility index (Phi) is 3.92. The Morgan fingerprint density at radius 2 is 1.95 bits per heavy atom. The van der Waals surface area contributed by atoms with Gasteiger partial charge in [0.05, 0.1) is 11.5 Å². The zero-order valence-electron chi connectivity index (χ0n) is 12.2. The van der Waals surface area contributed by atoms with E-state index in [9.17, 15) is 10.1 Å². The largest absolute Gasteiger partial charge is 0.380 e. The number of nitro benzene ring substituents is 1. The first-order valence-electron chi connectivity index (χ1n) is 7.35. The van der Waals surface area contributed by atoms with E-state index >= 15 is 0 Å². The Morgan fingerprint density at radius 3 is 2.52 bits per heavy atom. The van der Waals surface area contributed by atoms with E-state index in [1.165, 1.54) is 0 Å². The highest BCUT2D eigenvalue weighted by Crippen LogP contribution is 2.37. The number of anilines is 1. The number of ether oxygens (including phenoxy) is 1. The molecule has 1 aliphatic carbocycles. The van der Waals surface area contributed by atoms with Crippen molar-refractivity contribution >= 4 is 11.4 Å². The second-order valence-corrected chi connectivity index (χ2v) is 5.87. The lowest BCUT2D eigenvalue weighted by molar-refractivity contribution is -0.384. The fraction of sp³-hybridized carbons (Fsp3) is 0.500. The first-order chi connectivity index (χ1) is 10.2. The maximum absolute atomic E-state index is 10.9. The number of hydrogen-bond donors (Lipinski definition) is 0. The molecule has 2 unspecified atom stereocenters. The van der Waals surface area contributed by atoms with Crippen LogP contribution in [-0.2, 0) is 11.3 Å². The summed E-state index contributed by atoms with van der Waals surface area (Å²) in [5.41, 5.74) is 2.11. The third-order valence-electron chi connectivity index (χ3n) is 4.54. The molecule has 1 aromatic carbocycles. The number of benzene rings is 1. The lowest BCUT2D eigenvalue weighted by Gasteiger charge is -2.21. The summed E-state index contributed by atoms with van der Waals surface area (Å²) in [5.74, 6) is 1.42. The van der Waals surface area contributed by atoms with Crippen LogP contribution in [0.5, 0.6) is 0 Å². The van der Waals surface area contributed by atoms with Crippen LogP contribution in [0.3, 0.4) is 0 Å². The summed E-state index contributed by atoms with van der Waals surface area (Å²) >= 11 is 0. The van der Waals surface area contributed by atoms with E-state index in [0.29, 0.717) is 18.4 Å². The topological polar surface area (TPSA) is 55.6 Å². The Bertz CT molecular complexity index is 555. The predicted octanol–water partition coefficient (Wildman–Crippen LogP) is 3.14. The van der Waals surface area contributed by atoms with E-state index < -0.39 is 0 Å². The molecule has 1 fully saturated rings. The van der Waals surface area contributed by atoms with Gasteiger partial charge in [0.15, 0.2) is 0 Å². The number of hydrogen-bond acceptors (Lipinski definition) is 4. The molecule has 1 aromatic rings. The van der Waals surface area contributed by atoms with Crippen molar-refractivity contribution in [2.45, 2.75) is 19.4 Å². The minimum Gasteiger partial charge on any atom is -0.380 e. The van der Waals surface area contributed by atoms with Crippen LogP contribution in [0.25, 0.3) is 0 Å². The second kappa shape index (κ2) is 5.85. The fourth-order valence-electron chi connectivity index (χ4n) is 3.48. The van der Waals surface area contributed by atoms with Gasteiger partial charge in [0, 0.05) is 43.6 Å². The van der Waals surface area contributed by atoms with Crippen LogP contribution in [-0.4, -0.2) is 25.1 Å². The standard InChI is InChI=1S/C16H20N2O3/c1-21-11-14-8-15(18(19)20)6-7-16(14)17-9-12-4-2-3-5-13(12)10-17/h2-3,6-8,12-13H,4-5,9-11H2,1H3. The molecule has 0 amide bonds. The molecule has 3 rings (SSSR count). The maximum Gasteiger partial charge on any atom is 0.269 e. The summed E-state index contributed by atoms with van der Waals surface area (Å²) < 4.78 is 5.22. The lowest BCUT2D eigenvalue weighted by Crippen LogP contribution is -2.21. The average molecular weight is 288 g/mol. The molecule has 5 nitrogen and oxygen atoms in total. The number of allylic oxidation sites excluding steroid dienone is 2. The Balaban J connectivity index is 1.86. The van der Waals surface area contributed by atoms with Crippen molar-refractivity contribution in [3.8, 4) is 0 Å². The summed E-state index contributed by atoms with van der Waals surface area (Å²) in [5, 5.41) is 10.9. The normalized spacial score (nSPS) is 24.1. The molecule has 0 aromatic heterocycles. The fourth-order valence-corrected chi connectivity index (χ4v) is 3.48. The Hall–Kier alpha value is -1.88. The quantitative estimate of drug-likeness (QED) is 0.485. The minimum absolute atomic E-state index is 0.129. The van der Waals surface area contributed by atoms with E-state index in [4.69, 9.17) is 4.74 Å². The van der Waals surface area contributed by atoms with E-state index in [-0.39, 0.29) is 10.6 Å². The molecule has 1 aliphatic heterocycles. The summed E-state index contributed by atoms with van der Waals surface area (Å²) in [6.45, 7) is 2.47. The molecule has 1 heterocycles. The van der Waals surface area contributed by atoms with Crippen LogP contribution in [0.4, 0.5) is 11.4 Å². The Labute approximate surface area is 124 Å². The van der Waals surface area contributed by atoms with Crippen LogP contribution in [0, 0.1) is 22.0 Å². The van der Waals surface area contributed by atoms with Crippen LogP contribution < -0.4 is 4.90 Å². The van der Waals surface area contributed by atoms with Crippen molar-refractivity contribution in [2.24, 2.45) is 11.8 Å². The van der Waals surface area contributed by atoms with Crippen molar-refractivity contribution in [1.29, 1.82) is 0 Å². The first kappa shape index (κ1) is 14.1. The van der Waals surface area contributed by atoms with E-state index in [0.717, 1.165) is 37.2 Å². The molecule has 2 atom stereocenters. The summed E-state index contributed by atoms with van der Waals surface area (Å²) in [4.78, 5) is 12.9. The van der Waals surface area contributed by atoms with Gasteiger partial charge in [-0.15, -0.1) is 0 Å². The number of fused-ring (bicyclic) bond motifs is 1. The molecule has 1 saturated heterocycles. The highest BCUT2D eigenvalue weighted by atomic mass is 16.6. The number of nitrogens with zero attached hydrogens (tertiary/aromatic N) is 2. The van der Waals surface area contributed by atoms with Crippen molar-refractivity contribution in [2.75, 3.05) is 25.1 Å². The number of methoxy groups -OCH3 is 1. The predicted molar refractivity (Wildman–Crippen MR) is 81.4 cm³/mol. The zero-order valence-corrected chi connectivity index (χ0v) is 12.2. The van der Waals surface area contributed by atoms with Crippen LogP contribution >= 0.6 is 0 Å². The highest BCUT2D eigenvalue weighted by molar-refractivity contribution is 5.58. The van der Waals surface area contributed by atoms with Crippen molar-refractivity contribution in [3.05, 3.63) is 46.0 Å². The van der Waals surface area contributed by atoms with Crippen molar-refractivity contribution in [3.63, 3.8) is 0 Å². The van der Waals surface area contributed by atoms with Gasteiger partial charge < -0.3 is 9.64 Å². The molecule has 5 heteroatoms. The number of non-ortho nitro benzene ring substituents is 1. The third-order valence-corrected chi connectivity index (χ3v) is 4.54. The van der Waals surface area contributed by atoms with Gasteiger partial charge in [0.1, 0.15) is 0 Å². The van der Waals surface area contributed by atoms with Crippen LogP contribution in [0.15, 0.2) is 30.4 Å². The highest BCUT2D eigenvalue weighted by Gasteiger charge is 2.33. The van der Waals surface area contributed by atoms with Crippen LogP contribution in [0.2, 0.25) is 0 Å². The Morgan fingerprint density at radius 1 is 1.29 bits per heavy atom. The molecular formula is C16H20N2O3. The molecule has 2 aliphatic rings. The van der Waals surface area contributed by atoms with Gasteiger partial charge in [0.25, 0.3) is 5.69 Å². The first-order valence-corrected chi connectivity index (χ1v) is 7.35. The summed E-state index contributed by atoms with van der Waals surface area (Å²) in [6.07, 6.45) is 6.84. The van der Waals surface area contributed by atoms with E-state index in [1.807, 2.05) is 6.07 Å². The molecule has 112 valence electrons. The average Bonchev–Trinajstić information content (AvgIpc) is 2.91. The van der Waals surface area contributed by atoms with Gasteiger partial charge in [-0.3, -0.25) is 10.1 Å². The molecular weight excluding hydrogens is 268 g/mol. The smallest absolute Gasteiger partial charge is 0.269 e. The maximum atomic E-state index is 10.9. The lowest BCUT2D eigenvalue weighted by atomic mass is 9.86. The van der Waals surface area contributed by atoms with Gasteiger partial charge >= 0.3 is 0 Å². The van der Waals surface area contributed by atoms with Gasteiger partial charge in [-0.2, -0.15) is 0 Å². The van der Waals surface area contributed by atoms with Gasteiger partial charge in [-0.1, -0.05) is 12.2 Å². The van der Waals surface area contributed by atoms with E-state index in [2.05, 4.69) is 17.1 Å². The molecule has 21 heavy (non-hydrogen) atoms. The number of rotatable bonds is 4. The summed E-state index contributed by atoms with van der Waals surface area (Å²) in [6, 6.07) is 5.10. The van der Waals surface area contributed by atoms with Crippen molar-refractivity contribution in [1.82, 2.24) is 0 Å². The molecule has 0 radical (unpaired) electrons. The SMILES string of the molecule is COCc1cc([N+](=O)[O-])ccc1N1CC2CC=CCC2C1. The van der Waals surface area contributed by atoms with E-state index in [1.54, 1.807) is 19.2 Å². The van der Waals surface area contributed by atoms with Gasteiger partial charge in [-0.05, 0) is 30.7 Å².